The molecule has 0 saturated heterocycles. The smallest absolute Gasteiger partial charge is 0.327 e. The normalized spacial score (nSPS) is 12.7. The summed E-state index contributed by atoms with van der Waals surface area (Å²) in [7, 11) is -4.19. The number of nitrogens with one attached hydrogen (secondary N) is 2. The Bertz CT molecular complexity index is 1030. The summed E-state index contributed by atoms with van der Waals surface area (Å²) >= 11 is 3.16. The first kappa shape index (κ1) is 21.2. The van der Waals surface area contributed by atoms with Gasteiger partial charge in [-0.25, -0.2) is 8.42 Å². The fraction of sp³-hybridized carbons (Fsp3) is 0.250. The number of aromatic amines is 1. The molecule has 11 heteroatoms. The first-order chi connectivity index (χ1) is 12.3. The first-order valence-corrected chi connectivity index (χ1v) is 9.66. The molecule has 0 atom stereocenters. The quantitative estimate of drug-likeness (QED) is 0.721. The summed E-state index contributed by atoms with van der Waals surface area (Å²) in [6, 6.07) is 5.95. The van der Waals surface area contributed by atoms with Gasteiger partial charge in [-0.05, 0) is 44.2 Å². The Morgan fingerprint density at radius 3 is 2.22 bits per heavy atom. The fourth-order valence-electron chi connectivity index (χ4n) is 2.04. The van der Waals surface area contributed by atoms with Gasteiger partial charge in [0.2, 0.25) is 5.91 Å². The van der Waals surface area contributed by atoms with E-state index in [4.69, 9.17) is 0 Å². The SMILES string of the molecule is CC(C)(C(=O)Nc1cc(C(F)(F)F)c[nH]c1=O)S(=O)(=O)c1ccc(Br)cc1. The Labute approximate surface area is 160 Å². The van der Waals surface area contributed by atoms with Crippen molar-refractivity contribution < 1.29 is 26.4 Å². The zero-order valence-electron chi connectivity index (χ0n) is 14.0. The second kappa shape index (κ2) is 7.12. The van der Waals surface area contributed by atoms with E-state index in [0.29, 0.717) is 16.7 Å². The molecule has 0 spiro atoms. The van der Waals surface area contributed by atoms with Crippen LogP contribution >= 0.6 is 15.9 Å². The van der Waals surface area contributed by atoms with Crippen molar-refractivity contribution in [3.63, 3.8) is 0 Å². The van der Waals surface area contributed by atoms with Crippen molar-refractivity contribution in [2.24, 2.45) is 0 Å². The van der Waals surface area contributed by atoms with Crippen LogP contribution in [-0.2, 0) is 20.8 Å². The summed E-state index contributed by atoms with van der Waals surface area (Å²) < 4.78 is 62.4. The zero-order valence-corrected chi connectivity index (χ0v) is 16.4. The number of benzene rings is 1. The number of halogens is 4. The number of amides is 1. The number of pyridine rings is 1. The lowest BCUT2D eigenvalue weighted by Crippen LogP contribution is -2.45. The number of rotatable bonds is 4. The van der Waals surface area contributed by atoms with Crippen molar-refractivity contribution in [1.82, 2.24) is 4.98 Å². The van der Waals surface area contributed by atoms with Gasteiger partial charge in [0.1, 0.15) is 10.4 Å². The minimum atomic E-state index is -4.75. The molecule has 0 aliphatic carbocycles. The molecule has 0 aliphatic heterocycles. The Balaban J connectivity index is 2.39. The first-order valence-electron chi connectivity index (χ1n) is 7.38. The van der Waals surface area contributed by atoms with Crippen molar-refractivity contribution in [1.29, 1.82) is 0 Å². The maximum absolute atomic E-state index is 12.8. The summed E-state index contributed by atoms with van der Waals surface area (Å²) in [4.78, 5) is 25.9. The molecule has 2 N–H and O–H groups in total. The molecule has 6 nitrogen and oxygen atoms in total. The lowest BCUT2D eigenvalue weighted by molar-refractivity contribution is -0.137. The van der Waals surface area contributed by atoms with E-state index in [-0.39, 0.29) is 4.90 Å². The minimum absolute atomic E-state index is 0.149. The number of alkyl halides is 3. The molecular weight excluding hydrogens is 453 g/mol. The monoisotopic (exact) mass is 466 g/mol. The topological polar surface area (TPSA) is 96.1 Å². The van der Waals surface area contributed by atoms with Crippen LogP contribution in [0.3, 0.4) is 0 Å². The van der Waals surface area contributed by atoms with Crippen LogP contribution in [0, 0.1) is 0 Å². The molecule has 0 radical (unpaired) electrons. The van der Waals surface area contributed by atoms with Crippen LogP contribution in [0.4, 0.5) is 18.9 Å². The van der Waals surface area contributed by atoms with E-state index < -0.39 is 43.5 Å². The van der Waals surface area contributed by atoms with Gasteiger partial charge < -0.3 is 10.3 Å². The molecule has 146 valence electrons. The molecular formula is C16H14BrF3N2O4S. The van der Waals surface area contributed by atoms with Crippen LogP contribution in [0.5, 0.6) is 0 Å². The van der Waals surface area contributed by atoms with Gasteiger partial charge in [0.15, 0.2) is 9.84 Å². The van der Waals surface area contributed by atoms with Gasteiger partial charge >= 0.3 is 6.18 Å². The molecule has 0 fully saturated rings. The predicted octanol–water partition coefficient (Wildman–Crippen LogP) is 3.35. The minimum Gasteiger partial charge on any atom is -0.327 e. The predicted molar refractivity (Wildman–Crippen MR) is 96.1 cm³/mol. The van der Waals surface area contributed by atoms with Crippen LogP contribution in [0.15, 0.2) is 50.7 Å². The van der Waals surface area contributed by atoms with Crippen molar-refractivity contribution in [3.8, 4) is 0 Å². The maximum atomic E-state index is 12.8. The molecule has 2 aromatic rings. The highest BCUT2D eigenvalue weighted by molar-refractivity contribution is 9.10. The molecule has 1 aromatic heterocycles. The molecule has 1 heterocycles. The van der Waals surface area contributed by atoms with Gasteiger partial charge in [0.05, 0.1) is 10.5 Å². The Hall–Kier alpha value is -2.14. The van der Waals surface area contributed by atoms with E-state index in [2.05, 4.69) is 15.9 Å². The van der Waals surface area contributed by atoms with E-state index in [1.165, 1.54) is 24.3 Å². The number of carbonyl (C=O) groups excluding carboxylic acids is 1. The van der Waals surface area contributed by atoms with Gasteiger partial charge in [-0.2, -0.15) is 13.2 Å². The van der Waals surface area contributed by atoms with Crippen LogP contribution < -0.4 is 10.9 Å². The van der Waals surface area contributed by atoms with E-state index in [1.807, 2.05) is 10.3 Å². The van der Waals surface area contributed by atoms with Crippen molar-refractivity contribution in [2.45, 2.75) is 29.7 Å². The third-order valence-corrected chi connectivity index (χ3v) is 6.77. The van der Waals surface area contributed by atoms with Crippen LogP contribution in [-0.4, -0.2) is 24.1 Å². The zero-order chi connectivity index (χ0) is 20.6. The average molecular weight is 467 g/mol. The van der Waals surface area contributed by atoms with Crippen molar-refractivity contribution >= 4 is 37.4 Å². The number of anilines is 1. The lowest BCUT2D eigenvalue weighted by atomic mass is 10.2. The fourth-order valence-corrected chi connectivity index (χ4v) is 3.69. The van der Waals surface area contributed by atoms with E-state index in [0.717, 1.165) is 13.8 Å². The summed E-state index contributed by atoms with van der Waals surface area (Å²) in [6.45, 7) is 2.20. The van der Waals surface area contributed by atoms with Gasteiger partial charge in [0.25, 0.3) is 5.56 Å². The highest BCUT2D eigenvalue weighted by Gasteiger charge is 2.43. The number of hydrogen-bond acceptors (Lipinski definition) is 4. The molecule has 1 amide bonds. The standard InChI is InChI=1S/C16H14BrF3N2O4S/c1-15(2,27(25,26)11-5-3-10(17)4-6-11)14(24)22-12-7-9(16(18,19)20)8-21-13(12)23/h3-8H,1-2H3,(H,21,23)(H,22,24). The van der Waals surface area contributed by atoms with Crippen LogP contribution in [0.25, 0.3) is 0 Å². The Morgan fingerprint density at radius 2 is 1.70 bits per heavy atom. The van der Waals surface area contributed by atoms with E-state index >= 15 is 0 Å². The lowest BCUT2D eigenvalue weighted by Gasteiger charge is -2.24. The van der Waals surface area contributed by atoms with Gasteiger partial charge in [-0.15, -0.1) is 0 Å². The second-order valence-corrected chi connectivity index (χ2v) is 9.47. The molecule has 0 saturated carbocycles. The average Bonchev–Trinajstić information content (AvgIpc) is 2.55. The summed E-state index contributed by atoms with van der Waals surface area (Å²) in [6.07, 6.45) is -4.29. The van der Waals surface area contributed by atoms with Crippen LogP contribution in [0.1, 0.15) is 19.4 Å². The summed E-state index contributed by atoms with van der Waals surface area (Å²) in [5.41, 5.74) is -2.88. The molecule has 0 bridgehead atoms. The second-order valence-electron chi connectivity index (χ2n) is 6.05. The summed E-state index contributed by atoms with van der Waals surface area (Å²) in [5, 5.41) is 1.98. The van der Waals surface area contributed by atoms with Gasteiger partial charge in [0, 0.05) is 10.7 Å². The Morgan fingerprint density at radius 1 is 1.15 bits per heavy atom. The largest absolute Gasteiger partial charge is 0.417 e. The van der Waals surface area contributed by atoms with Crippen LogP contribution in [0.2, 0.25) is 0 Å². The number of hydrogen-bond donors (Lipinski definition) is 2. The Kier molecular flexibility index (Phi) is 5.58. The molecule has 27 heavy (non-hydrogen) atoms. The third-order valence-electron chi connectivity index (χ3n) is 3.82. The highest BCUT2D eigenvalue weighted by atomic mass is 79.9. The number of sulfone groups is 1. The molecule has 0 aliphatic rings. The number of carbonyl (C=O) groups is 1. The summed E-state index contributed by atoms with van der Waals surface area (Å²) in [5.74, 6) is -1.14. The van der Waals surface area contributed by atoms with Crippen molar-refractivity contribution in [2.75, 3.05) is 5.32 Å². The number of aromatic nitrogens is 1. The van der Waals surface area contributed by atoms with E-state index in [1.54, 1.807) is 0 Å². The van der Waals surface area contributed by atoms with E-state index in [9.17, 15) is 31.2 Å². The molecule has 0 unspecified atom stereocenters. The maximum Gasteiger partial charge on any atom is 0.417 e. The van der Waals surface area contributed by atoms with Gasteiger partial charge in [-0.1, -0.05) is 15.9 Å². The third kappa shape index (κ3) is 4.24. The molecule has 2 rings (SSSR count). The van der Waals surface area contributed by atoms with Crippen molar-refractivity contribution in [3.05, 3.63) is 56.9 Å². The highest BCUT2D eigenvalue weighted by Crippen LogP contribution is 2.30. The molecule has 1 aromatic carbocycles. The van der Waals surface area contributed by atoms with Gasteiger partial charge in [-0.3, -0.25) is 9.59 Å². The number of H-pyrrole nitrogens is 1.